The van der Waals surface area contributed by atoms with Crippen LogP contribution in [0.3, 0.4) is 0 Å². The summed E-state index contributed by atoms with van der Waals surface area (Å²) in [5.74, 6) is 0.0727. The fourth-order valence-electron chi connectivity index (χ4n) is 1.25. The fraction of sp³-hybridized carbons (Fsp3) is 0.273. The number of thioether (sulfide) groups is 1. The Morgan fingerprint density at radius 1 is 1.47 bits per heavy atom. The van der Waals surface area contributed by atoms with Gasteiger partial charge in [-0.2, -0.15) is 0 Å². The molecule has 0 aliphatic rings. The predicted molar refractivity (Wildman–Crippen MR) is 74.6 cm³/mol. The highest BCUT2D eigenvalue weighted by atomic mass is 35.5. The van der Waals surface area contributed by atoms with Gasteiger partial charge in [0, 0.05) is 0 Å². The Labute approximate surface area is 111 Å². The maximum atomic E-state index is 11.4. The summed E-state index contributed by atoms with van der Waals surface area (Å²) in [7, 11) is 0. The predicted octanol–water partition coefficient (Wildman–Crippen LogP) is 1.91. The number of rotatable bonds is 4. The summed E-state index contributed by atoms with van der Waals surface area (Å²) in [5.41, 5.74) is 6.21. The van der Waals surface area contributed by atoms with Crippen molar-refractivity contribution in [2.45, 2.75) is 13.0 Å². The third-order valence-corrected chi connectivity index (χ3v) is 2.75. The van der Waals surface area contributed by atoms with Gasteiger partial charge in [-0.3, -0.25) is 10.2 Å². The maximum absolute atomic E-state index is 11.4. The third kappa shape index (κ3) is 6.19. The van der Waals surface area contributed by atoms with E-state index in [1.807, 2.05) is 37.3 Å². The highest BCUT2D eigenvalue weighted by Gasteiger charge is 2.09. The zero-order chi connectivity index (χ0) is 12.0. The summed E-state index contributed by atoms with van der Waals surface area (Å²) in [4.78, 5) is 11.4. The molecule has 0 spiro atoms. The summed E-state index contributed by atoms with van der Waals surface area (Å²) in [6, 6.07) is 9.70. The van der Waals surface area contributed by atoms with Crippen LogP contribution in [-0.4, -0.2) is 16.8 Å². The summed E-state index contributed by atoms with van der Waals surface area (Å²) in [5, 5.41) is 9.80. The molecule has 0 heterocycles. The lowest BCUT2D eigenvalue weighted by molar-refractivity contribution is -0.119. The van der Waals surface area contributed by atoms with Crippen LogP contribution in [0.4, 0.5) is 0 Å². The van der Waals surface area contributed by atoms with E-state index in [0.29, 0.717) is 0 Å². The molecule has 1 unspecified atom stereocenters. The van der Waals surface area contributed by atoms with Gasteiger partial charge in [-0.25, -0.2) is 0 Å². The number of nitrogens with one attached hydrogen (secondary N) is 2. The molecule has 0 saturated carbocycles. The van der Waals surface area contributed by atoms with Gasteiger partial charge < -0.3 is 11.1 Å². The van der Waals surface area contributed by atoms with E-state index in [1.54, 1.807) is 0 Å². The molecule has 0 saturated heterocycles. The number of hydrogen-bond acceptors (Lipinski definition) is 3. The van der Waals surface area contributed by atoms with Gasteiger partial charge in [-0.15, -0.1) is 12.4 Å². The Bertz CT molecular complexity index is 372. The van der Waals surface area contributed by atoms with Gasteiger partial charge in [0.1, 0.15) is 0 Å². The van der Waals surface area contributed by atoms with Gasteiger partial charge in [-0.1, -0.05) is 42.1 Å². The minimum absolute atomic E-state index is 0. The molecule has 0 aliphatic carbocycles. The molecule has 4 nitrogen and oxygen atoms in total. The van der Waals surface area contributed by atoms with Crippen LogP contribution in [-0.2, 0) is 4.79 Å². The number of halogens is 1. The number of carbonyl (C=O) groups is 1. The molecule has 17 heavy (non-hydrogen) atoms. The van der Waals surface area contributed by atoms with E-state index in [9.17, 15) is 4.79 Å². The minimum atomic E-state index is -0.114. The molecule has 6 heteroatoms. The first kappa shape index (κ1) is 15.8. The van der Waals surface area contributed by atoms with Gasteiger partial charge in [0.25, 0.3) is 0 Å². The van der Waals surface area contributed by atoms with Crippen molar-refractivity contribution in [3.8, 4) is 0 Å². The van der Waals surface area contributed by atoms with Crippen LogP contribution >= 0.6 is 24.2 Å². The van der Waals surface area contributed by atoms with E-state index in [0.717, 1.165) is 17.3 Å². The second kappa shape index (κ2) is 7.97. The lowest BCUT2D eigenvalue weighted by Gasteiger charge is -2.13. The first-order chi connectivity index (χ1) is 7.59. The monoisotopic (exact) mass is 273 g/mol. The van der Waals surface area contributed by atoms with Crippen LogP contribution in [0.1, 0.15) is 18.5 Å². The molecule has 0 radical (unpaired) electrons. The topological polar surface area (TPSA) is 79.0 Å². The van der Waals surface area contributed by atoms with Crippen LogP contribution in [0.2, 0.25) is 0 Å². The van der Waals surface area contributed by atoms with Crippen molar-refractivity contribution >= 4 is 35.2 Å². The van der Waals surface area contributed by atoms with Crippen molar-refractivity contribution in [2.24, 2.45) is 5.73 Å². The molecule has 1 aromatic carbocycles. The molecule has 1 amide bonds. The third-order valence-electron chi connectivity index (χ3n) is 2.04. The van der Waals surface area contributed by atoms with E-state index in [1.165, 1.54) is 0 Å². The van der Waals surface area contributed by atoms with Gasteiger partial charge in [0.15, 0.2) is 5.17 Å². The summed E-state index contributed by atoms with van der Waals surface area (Å²) >= 11 is 1.03. The van der Waals surface area contributed by atoms with E-state index in [2.05, 4.69) is 5.32 Å². The number of carbonyl (C=O) groups excluding carboxylic acids is 1. The first-order valence-electron chi connectivity index (χ1n) is 4.90. The van der Waals surface area contributed by atoms with E-state index >= 15 is 0 Å². The van der Waals surface area contributed by atoms with Crippen molar-refractivity contribution in [3.05, 3.63) is 35.9 Å². The van der Waals surface area contributed by atoms with Crippen molar-refractivity contribution in [2.75, 3.05) is 5.75 Å². The second-order valence-electron chi connectivity index (χ2n) is 3.35. The molecule has 0 fully saturated rings. The van der Waals surface area contributed by atoms with E-state index < -0.39 is 0 Å². The maximum Gasteiger partial charge on any atom is 0.230 e. The van der Waals surface area contributed by atoms with Gasteiger partial charge in [0.05, 0.1) is 11.8 Å². The van der Waals surface area contributed by atoms with Gasteiger partial charge in [-0.05, 0) is 12.5 Å². The fourth-order valence-corrected chi connectivity index (χ4v) is 1.62. The van der Waals surface area contributed by atoms with E-state index in [-0.39, 0.29) is 35.3 Å². The smallest absolute Gasteiger partial charge is 0.230 e. The molecule has 94 valence electrons. The lowest BCUT2D eigenvalue weighted by atomic mass is 10.1. The molecule has 1 rings (SSSR count). The average molecular weight is 274 g/mol. The molecule has 0 bridgehead atoms. The van der Waals surface area contributed by atoms with Crippen LogP contribution in [0.5, 0.6) is 0 Å². The molecular formula is C11H16ClN3OS. The van der Waals surface area contributed by atoms with Crippen molar-refractivity contribution < 1.29 is 4.79 Å². The van der Waals surface area contributed by atoms with E-state index in [4.69, 9.17) is 11.1 Å². The Kier molecular flexibility index (Phi) is 7.41. The Hall–Kier alpha value is -1.20. The standard InChI is InChI=1S/C11H15N3OS.ClH/c1-8(9-5-3-2-4-6-9)14-10(15)7-16-11(12)13;/h2-6,8H,7H2,1H3,(H3,12,13)(H,14,15);1H. The Morgan fingerprint density at radius 2 is 2.06 bits per heavy atom. The SMILES string of the molecule is CC(NC(=O)CSC(=N)N)c1ccccc1.Cl. The largest absolute Gasteiger partial charge is 0.379 e. The average Bonchev–Trinajstić information content (AvgIpc) is 2.27. The van der Waals surface area contributed by atoms with Gasteiger partial charge >= 0.3 is 0 Å². The van der Waals surface area contributed by atoms with Crippen LogP contribution in [0, 0.1) is 5.41 Å². The minimum Gasteiger partial charge on any atom is -0.379 e. The molecule has 0 aliphatic heterocycles. The summed E-state index contributed by atoms with van der Waals surface area (Å²) < 4.78 is 0. The Balaban J connectivity index is 0.00000256. The zero-order valence-electron chi connectivity index (χ0n) is 9.47. The Morgan fingerprint density at radius 3 is 2.59 bits per heavy atom. The van der Waals surface area contributed by atoms with Crippen molar-refractivity contribution in [1.29, 1.82) is 5.41 Å². The quantitative estimate of drug-likeness (QED) is 0.579. The molecule has 4 N–H and O–H groups in total. The normalized spacial score (nSPS) is 11.1. The number of nitrogens with two attached hydrogens (primary N) is 1. The molecule has 0 aromatic heterocycles. The number of hydrogen-bond donors (Lipinski definition) is 3. The second-order valence-corrected chi connectivity index (χ2v) is 4.37. The number of amidine groups is 1. The number of amides is 1. The van der Waals surface area contributed by atoms with Crippen LogP contribution in [0.15, 0.2) is 30.3 Å². The van der Waals surface area contributed by atoms with Gasteiger partial charge in [0.2, 0.25) is 5.91 Å². The molecular weight excluding hydrogens is 258 g/mol. The highest BCUT2D eigenvalue weighted by molar-refractivity contribution is 8.14. The lowest BCUT2D eigenvalue weighted by Crippen LogP contribution is -2.29. The van der Waals surface area contributed by atoms with Crippen LogP contribution in [0.25, 0.3) is 0 Å². The molecule has 1 atom stereocenters. The summed E-state index contributed by atoms with van der Waals surface area (Å²) in [6.45, 7) is 1.92. The van der Waals surface area contributed by atoms with Crippen molar-refractivity contribution in [1.82, 2.24) is 5.32 Å². The first-order valence-corrected chi connectivity index (χ1v) is 5.89. The van der Waals surface area contributed by atoms with Crippen LogP contribution < -0.4 is 11.1 Å². The highest BCUT2D eigenvalue weighted by Crippen LogP contribution is 2.11. The molecule has 1 aromatic rings. The van der Waals surface area contributed by atoms with Crippen molar-refractivity contribution in [3.63, 3.8) is 0 Å². The zero-order valence-corrected chi connectivity index (χ0v) is 11.1. The summed E-state index contributed by atoms with van der Waals surface area (Å²) in [6.07, 6.45) is 0. The number of benzene rings is 1.